The highest BCUT2D eigenvalue weighted by atomic mass is 15.1. The maximum Gasteiger partial charge on any atom is 0.0203 e. The predicted octanol–water partition coefficient (Wildman–Crippen LogP) is 5.50. The molecule has 120 valence electrons. The van der Waals surface area contributed by atoms with Crippen molar-refractivity contribution in [3.63, 3.8) is 0 Å². The zero-order valence-electron chi connectivity index (χ0n) is 14.6. The van der Waals surface area contributed by atoms with Crippen molar-refractivity contribution in [3.8, 4) is 0 Å². The topological polar surface area (TPSA) is 3.24 Å². The van der Waals surface area contributed by atoms with Gasteiger partial charge in [-0.1, -0.05) is 46.4 Å². The summed E-state index contributed by atoms with van der Waals surface area (Å²) in [6.07, 6.45) is 11.4. The van der Waals surface area contributed by atoms with E-state index in [9.17, 15) is 0 Å². The lowest BCUT2D eigenvalue weighted by Gasteiger charge is -2.36. The molecule has 1 heteroatoms. The molecule has 0 N–H and O–H groups in total. The smallest absolute Gasteiger partial charge is 0.0203 e. The summed E-state index contributed by atoms with van der Waals surface area (Å²) >= 11 is 0. The van der Waals surface area contributed by atoms with Gasteiger partial charge in [-0.2, -0.15) is 0 Å². The summed E-state index contributed by atoms with van der Waals surface area (Å²) in [5.74, 6) is 3.98. The normalized spacial score (nSPS) is 24.9. The first kappa shape index (κ1) is 16.6. The van der Waals surface area contributed by atoms with Crippen LogP contribution in [0.2, 0.25) is 0 Å². The van der Waals surface area contributed by atoms with Gasteiger partial charge >= 0.3 is 0 Å². The van der Waals surface area contributed by atoms with Crippen LogP contribution in [0.3, 0.4) is 0 Å². The highest BCUT2D eigenvalue weighted by molar-refractivity contribution is 5.07. The van der Waals surface area contributed by atoms with Crippen molar-refractivity contribution in [2.45, 2.75) is 59.8 Å². The average Bonchev–Trinajstić information content (AvgIpc) is 3.30. The fourth-order valence-corrected chi connectivity index (χ4v) is 3.70. The molecule has 2 aliphatic carbocycles. The van der Waals surface area contributed by atoms with E-state index < -0.39 is 0 Å². The SMILES string of the molecule is C=C(C1CC1)N(CC(C)C)CC(C)C(C)C1CC=CCC1. The molecule has 0 aromatic carbocycles. The molecule has 1 fully saturated rings. The van der Waals surface area contributed by atoms with E-state index in [4.69, 9.17) is 0 Å². The molecule has 2 aliphatic rings. The Labute approximate surface area is 132 Å². The molecule has 0 radical (unpaired) electrons. The quantitative estimate of drug-likeness (QED) is 0.534. The fourth-order valence-electron chi connectivity index (χ4n) is 3.70. The minimum absolute atomic E-state index is 0.723. The number of hydrogen-bond donors (Lipinski definition) is 0. The van der Waals surface area contributed by atoms with Crippen molar-refractivity contribution in [2.24, 2.45) is 29.6 Å². The lowest BCUT2D eigenvalue weighted by Crippen LogP contribution is -2.35. The zero-order valence-corrected chi connectivity index (χ0v) is 14.6. The molecule has 0 bridgehead atoms. The lowest BCUT2D eigenvalue weighted by molar-refractivity contribution is 0.177. The molecule has 0 spiro atoms. The van der Waals surface area contributed by atoms with Gasteiger partial charge in [-0.25, -0.2) is 0 Å². The fraction of sp³-hybridized carbons (Fsp3) is 0.800. The van der Waals surface area contributed by atoms with Gasteiger partial charge in [0.15, 0.2) is 0 Å². The van der Waals surface area contributed by atoms with Gasteiger partial charge in [-0.05, 0) is 61.7 Å². The second kappa shape index (κ2) is 7.51. The van der Waals surface area contributed by atoms with Crippen molar-refractivity contribution in [2.75, 3.05) is 13.1 Å². The van der Waals surface area contributed by atoms with E-state index in [0.29, 0.717) is 0 Å². The number of allylic oxidation sites excluding steroid dienone is 3. The van der Waals surface area contributed by atoms with E-state index in [2.05, 4.69) is 51.3 Å². The molecule has 3 unspecified atom stereocenters. The van der Waals surface area contributed by atoms with Gasteiger partial charge < -0.3 is 4.90 Å². The summed E-state index contributed by atoms with van der Waals surface area (Å²) in [4.78, 5) is 2.61. The average molecular weight is 290 g/mol. The Morgan fingerprint density at radius 2 is 1.81 bits per heavy atom. The summed E-state index contributed by atoms with van der Waals surface area (Å²) in [5, 5.41) is 0. The minimum Gasteiger partial charge on any atom is -0.375 e. The number of hydrogen-bond acceptors (Lipinski definition) is 1. The predicted molar refractivity (Wildman–Crippen MR) is 93.1 cm³/mol. The van der Waals surface area contributed by atoms with E-state index in [1.807, 2.05) is 0 Å². The van der Waals surface area contributed by atoms with Gasteiger partial charge in [-0.15, -0.1) is 0 Å². The zero-order chi connectivity index (χ0) is 15.4. The summed E-state index contributed by atoms with van der Waals surface area (Å²) in [6.45, 7) is 16.4. The Hall–Kier alpha value is -0.720. The Morgan fingerprint density at radius 3 is 2.33 bits per heavy atom. The molecule has 0 heterocycles. The van der Waals surface area contributed by atoms with E-state index in [1.54, 1.807) is 0 Å². The number of nitrogens with zero attached hydrogens (tertiary/aromatic N) is 1. The maximum absolute atomic E-state index is 4.41. The highest BCUT2D eigenvalue weighted by Crippen LogP contribution is 2.38. The first-order chi connectivity index (χ1) is 9.99. The third kappa shape index (κ3) is 4.90. The Balaban J connectivity index is 1.90. The molecule has 0 saturated heterocycles. The minimum atomic E-state index is 0.723. The van der Waals surface area contributed by atoms with E-state index in [-0.39, 0.29) is 0 Å². The van der Waals surface area contributed by atoms with Gasteiger partial charge in [-0.3, -0.25) is 0 Å². The summed E-state index contributed by atoms with van der Waals surface area (Å²) in [7, 11) is 0. The van der Waals surface area contributed by atoms with Crippen molar-refractivity contribution in [1.29, 1.82) is 0 Å². The van der Waals surface area contributed by atoms with Crippen LogP contribution in [0, 0.1) is 29.6 Å². The molecule has 0 amide bonds. The van der Waals surface area contributed by atoms with Crippen LogP contribution in [0.25, 0.3) is 0 Å². The first-order valence-corrected chi connectivity index (χ1v) is 9.07. The number of rotatable bonds is 8. The molecule has 0 aliphatic heterocycles. The molecule has 3 atom stereocenters. The standard InChI is InChI=1S/C20H35N/c1-15(2)13-21(18(5)20-11-12-20)14-16(3)17(4)19-9-7-6-8-10-19/h6-7,15-17,19-20H,5,8-14H2,1-4H3. The summed E-state index contributed by atoms with van der Waals surface area (Å²) < 4.78 is 0. The molecule has 0 aromatic heterocycles. The van der Waals surface area contributed by atoms with Crippen molar-refractivity contribution in [3.05, 3.63) is 24.4 Å². The van der Waals surface area contributed by atoms with Crippen LogP contribution in [0.1, 0.15) is 59.8 Å². The maximum atomic E-state index is 4.41. The largest absolute Gasteiger partial charge is 0.375 e. The first-order valence-electron chi connectivity index (χ1n) is 9.07. The third-order valence-electron chi connectivity index (χ3n) is 5.50. The molecular weight excluding hydrogens is 254 g/mol. The van der Waals surface area contributed by atoms with Crippen LogP contribution in [0.5, 0.6) is 0 Å². The monoisotopic (exact) mass is 289 g/mol. The van der Waals surface area contributed by atoms with Crippen LogP contribution in [0.15, 0.2) is 24.4 Å². The second-order valence-corrected chi connectivity index (χ2v) is 7.95. The van der Waals surface area contributed by atoms with Crippen molar-refractivity contribution in [1.82, 2.24) is 4.90 Å². The summed E-state index contributed by atoms with van der Waals surface area (Å²) in [5.41, 5.74) is 1.42. The van der Waals surface area contributed by atoms with Gasteiger partial charge in [0.05, 0.1) is 0 Å². The molecule has 1 nitrogen and oxygen atoms in total. The highest BCUT2D eigenvalue weighted by Gasteiger charge is 2.30. The third-order valence-corrected chi connectivity index (χ3v) is 5.50. The Bertz CT molecular complexity index is 364. The molecule has 21 heavy (non-hydrogen) atoms. The molecule has 2 rings (SSSR count). The van der Waals surface area contributed by atoms with Gasteiger partial charge in [0.2, 0.25) is 0 Å². The van der Waals surface area contributed by atoms with Crippen molar-refractivity contribution < 1.29 is 0 Å². The van der Waals surface area contributed by atoms with Crippen LogP contribution >= 0.6 is 0 Å². The van der Waals surface area contributed by atoms with E-state index in [1.165, 1.54) is 50.9 Å². The molecule has 1 saturated carbocycles. The van der Waals surface area contributed by atoms with Gasteiger partial charge in [0.1, 0.15) is 0 Å². The Kier molecular flexibility index (Phi) is 5.96. The summed E-state index contributed by atoms with van der Waals surface area (Å²) in [6, 6.07) is 0. The van der Waals surface area contributed by atoms with Gasteiger partial charge in [0, 0.05) is 18.8 Å². The Morgan fingerprint density at radius 1 is 1.10 bits per heavy atom. The van der Waals surface area contributed by atoms with E-state index in [0.717, 1.165) is 29.6 Å². The van der Waals surface area contributed by atoms with Crippen LogP contribution < -0.4 is 0 Å². The van der Waals surface area contributed by atoms with Crippen LogP contribution in [-0.2, 0) is 0 Å². The van der Waals surface area contributed by atoms with Crippen molar-refractivity contribution >= 4 is 0 Å². The van der Waals surface area contributed by atoms with Gasteiger partial charge in [0.25, 0.3) is 0 Å². The lowest BCUT2D eigenvalue weighted by atomic mass is 9.77. The van der Waals surface area contributed by atoms with Crippen LogP contribution in [0.4, 0.5) is 0 Å². The van der Waals surface area contributed by atoms with E-state index >= 15 is 0 Å². The second-order valence-electron chi connectivity index (χ2n) is 7.95. The molecule has 0 aromatic rings. The molecular formula is C20H35N. The van der Waals surface area contributed by atoms with Crippen LogP contribution in [-0.4, -0.2) is 18.0 Å².